The predicted molar refractivity (Wildman–Crippen MR) is 129 cm³/mol. The Morgan fingerprint density at radius 2 is 1.44 bits per heavy atom. The number of nitrogens with zero attached hydrogens (tertiary/aromatic N) is 2. The van der Waals surface area contributed by atoms with Crippen LogP contribution in [0, 0.1) is 12.7 Å². The molecular weight excluding hydrogens is 470 g/mol. The summed E-state index contributed by atoms with van der Waals surface area (Å²) in [4.78, 5) is 2.20. The molecule has 0 aromatic heterocycles. The fourth-order valence-corrected chi connectivity index (χ4v) is 5.68. The van der Waals surface area contributed by atoms with Crippen molar-refractivity contribution in [2.45, 2.75) is 19.0 Å². The second-order valence-electron chi connectivity index (χ2n) is 8.16. The summed E-state index contributed by atoms with van der Waals surface area (Å²) in [6, 6.07) is 19.2. The van der Waals surface area contributed by atoms with Gasteiger partial charge in [-0.15, -0.1) is 0 Å². The van der Waals surface area contributed by atoms with Crippen LogP contribution in [0.15, 0.2) is 66.7 Å². The van der Waals surface area contributed by atoms with Crippen LogP contribution in [0.5, 0.6) is 0 Å². The van der Waals surface area contributed by atoms with Gasteiger partial charge in [-0.1, -0.05) is 47.5 Å². The van der Waals surface area contributed by atoms with Gasteiger partial charge in [0.1, 0.15) is 5.82 Å². The Morgan fingerprint density at radius 3 is 1.88 bits per heavy atom. The number of likely N-dealkylation sites (tertiary alicyclic amines) is 1. The van der Waals surface area contributed by atoms with Crippen LogP contribution in [0.4, 0.5) is 10.1 Å². The summed E-state index contributed by atoms with van der Waals surface area (Å²) in [5.74, 6) is -0.454. The summed E-state index contributed by atoms with van der Waals surface area (Å²) in [5.41, 5.74) is 3.11. The lowest BCUT2D eigenvalue weighted by Crippen LogP contribution is -2.61. The number of hydrogen-bond acceptors (Lipinski definition) is 3. The maximum absolute atomic E-state index is 14.0. The maximum atomic E-state index is 14.0. The van der Waals surface area contributed by atoms with E-state index >= 15 is 0 Å². The van der Waals surface area contributed by atoms with Crippen LogP contribution in [0.25, 0.3) is 0 Å². The second-order valence-corrected chi connectivity index (χ2v) is 10.9. The van der Waals surface area contributed by atoms with Crippen molar-refractivity contribution in [3.05, 3.63) is 99.3 Å². The Labute approximate surface area is 198 Å². The molecule has 1 heterocycles. The molecule has 0 unspecified atom stereocenters. The van der Waals surface area contributed by atoms with Gasteiger partial charge in [0, 0.05) is 23.1 Å². The maximum Gasteiger partial charge on any atom is 0.232 e. The highest BCUT2D eigenvalue weighted by atomic mass is 35.5. The van der Waals surface area contributed by atoms with E-state index in [1.54, 1.807) is 13.0 Å². The molecule has 168 valence electrons. The molecule has 1 fully saturated rings. The van der Waals surface area contributed by atoms with Gasteiger partial charge in [0.2, 0.25) is 10.0 Å². The highest BCUT2D eigenvalue weighted by Gasteiger charge is 2.40. The number of aryl methyl sites for hydroxylation is 1. The number of hydrogen-bond donors (Lipinski definition) is 0. The van der Waals surface area contributed by atoms with Crippen LogP contribution in [-0.2, 0) is 10.0 Å². The first-order valence-electron chi connectivity index (χ1n) is 10.1. The summed E-state index contributed by atoms with van der Waals surface area (Å²) in [7, 11) is -3.60. The molecule has 4 rings (SSSR count). The molecule has 1 aliphatic rings. The van der Waals surface area contributed by atoms with Crippen molar-refractivity contribution >= 4 is 38.9 Å². The highest BCUT2D eigenvalue weighted by molar-refractivity contribution is 7.92. The Kier molecular flexibility index (Phi) is 6.50. The van der Waals surface area contributed by atoms with Crippen LogP contribution in [0.3, 0.4) is 0 Å². The Bertz CT molecular complexity index is 1150. The van der Waals surface area contributed by atoms with Gasteiger partial charge in [-0.2, -0.15) is 0 Å². The van der Waals surface area contributed by atoms with Gasteiger partial charge >= 0.3 is 0 Å². The second kappa shape index (κ2) is 9.02. The molecule has 1 saturated heterocycles. The zero-order chi connectivity index (χ0) is 23.0. The van der Waals surface area contributed by atoms with Gasteiger partial charge in [0.05, 0.1) is 24.0 Å². The van der Waals surface area contributed by atoms with Gasteiger partial charge < -0.3 is 0 Å². The van der Waals surface area contributed by atoms with E-state index in [-0.39, 0.29) is 12.1 Å². The molecule has 0 N–H and O–H groups in total. The van der Waals surface area contributed by atoms with Crippen LogP contribution in [0.1, 0.15) is 22.7 Å². The van der Waals surface area contributed by atoms with Crippen LogP contribution >= 0.6 is 23.2 Å². The lowest BCUT2D eigenvalue weighted by Gasteiger charge is -2.48. The third-order valence-corrected chi connectivity index (χ3v) is 7.32. The topological polar surface area (TPSA) is 40.6 Å². The van der Waals surface area contributed by atoms with Crippen molar-refractivity contribution in [1.82, 2.24) is 4.90 Å². The Hall–Kier alpha value is -2.12. The van der Waals surface area contributed by atoms with Gasteiger partial charge in [-0.3, -0.25) is 9.21 Å². The van der Waals surface area contributed by atoms with E-state index in [0.29, 0.717) is 34.4 Å². The van der Waals surface area contributed by atoms with Crippen molar-refractivity contribution in [3.8, 4) is 0 Å². The Morgan fingerprint density at radius 1 is 0.938 bits per heavy atom. The lowest BCUT2D eigenvalue weighted by atomic mass is 9.93. The van der Waals surface area contributed by atoms with E-state index in [0.717, 1.165) is 17.4 Å². The molecule has 0 bridgehead atoms. The van der Waals surface area contributed by atoms with E-state index < -0.39 is 15.8 Å². The normalized spacial score (nSPS) is 15.1. The first-order chi connectivity index (χ1) is 15.1. The van der Waals surface area contributed by atoms with Gasteiger partial charge in [-0.05, 0) is 66.1 Å². The first kappa shape index (κ1) is 23.1. The molecule has 0 radical (unpaired) electrons. The molecular formula is C24H23Cl2FN2O2S. The third-order valence-electron chi connectivity index (χ3n) is 5.60. The monoisotopic (exact) mass is 492 g/mol. The molecule has 0 spiro atoms. The van der Waals surface area contributed by atoms with E-state index in [9.17, 15) is 12.8 Å². The van der Waals surface area contributed by atoms with Crippen LogP contribution < -0.4 is 4.31 Å². The van der Waals surface area contributed by atoms with Crippen molar-refractivity contribution < 1.29 is 12.8 Å². The minimum Gasteiger partial charge on any atom is -0.288 e. The SMILES string of the molecule is Cc1cc(F)cc(N(C2CN(C(c3ccc(Cl)cc3)c3ccc(Cl)cc3)C2)S(C)(=O)=O)c1. The highest BCUT2D eigenvalue weighted by Crippen LogP contribution is 2.36. The average molecular weight is 493 g/mol. The molecule has 3 aromatic carbocycles. The summed E-state index contributed by atoms with van der Waals surface area (Å²) < 4.78 is 40.6. The first-order valence-corrected chi connectivity index (χ1v) is 12.7. The Balaban J connectivity index is 1.64. The van der Waals surface area contributed by atoms with Gasteiger partial charge in [-0.25, -0.2) is 12.8 Å². The quantitative estimate of drug-likeness (QED) is 0.444. The number of benzene rings is 3. The minimum absolute atomic E-state index is 0.0866. The number of halogens is 3. The van der Waals surface area contributed by atoms with Crippen molar-refractivity contribution in [1.29, 1.82) is 0 Å². The fraction of sp³-hybridized carbons (Fsp3) is 0.250. The largest absolute Gasteiger partial charge is 0.288 e. The van der Waals surface area contributed by atoms with Gasteiger partial charge in [0.25, 0.3) is 0 Å². The summed E-state index contributed by atoms with van der Waals surface area (Å²) >= 11 is 12.2. The molecule has 1 aliphatic heterocycles. The van der Waals surface area contributed by atoms with E-state index in [4.69, 9.17) is 23.2 Å². The average Bonchev–Trinajstić information content (AvgIpc) is 2.67. The number of rotatable bonds is 6. The number of sulfonamides is 1. The van der Waals surface area contributed by atoms with Crippen LogP contribution in [0.2, 0.25) is 10.0 Å². The molecule has 8 heteroatoms. The molecule has 0 aliphatic carbocycles. The summed E-state index contributed by atoms with van der Waals surface area (Å²) in [5, 5.41) is 1.30. The van der Waals surface area contributed by atoms with E-state index in [1.165, 1.54) is 16.4 Å². The number of anilines is 1. The summed E-state index contributed by atoms with van der Waals surface area (Å²) in [6.07, 6.45) is 1.16. The van der Waals surface area contributed by atoms with Gasteiger partial charge in [0.15, 0.2) is 0 Å². The van der Waals surface area contributed by atoms with E-state index in [1.807, 2.05) is 48.5 Å². The molecule has 0 saturated carbocycles. The lowest BCUT2D eigenvalue weighted by molar-refractivity contribution is 0.116. The molecule has 4 nitrogen and oxygen atoms in total. The molecule has 0 amide bonds. The summed E-state index contributed by atoms with van der Waals surface area (Å²) in [6.45, 7) is 2.74. The molecule has 0 atom stereocenters. The fourth-order valence-electron chi connectivity index (χ4n) is 4.27. The zero-order valence-electron chi connectivity index (χ0n) is 17.7. The standard InChI is InChI=1S/C24H23Cl2FN2O2S/c1-16-11-21(27)13-22(12-16)29(32(2,30)31)23-14-28(15-23)24(17-3-7-19(25)8-4-17)18-5-9-20(26)10-6-18/h3-13,23-24H,14-15H2,1-2H3. The third kappa shape index (κ3) is 4.94. The smallest absolute Gasteiger partial charge is 0.232 e. The molecule has 3 aromatic rings. The van der Waals surface area contributed by atoms with Crippen molar-refractivity contribution in [2.24, 2.45) is 0 Å². The van der Waals surface area contributed by atoms with Crippen LogP contribution in [-0.4, -0.2) is 38.7 Å². The van der Waals surface area contributed by atoms with E-state index in [2.05, 4.69) is 4.90 Å². The predicted octanol–water partition coefficient (Wildman–Crippen LogP) is 5.68. The zero-order valence-corrected chi connectivity index (χ0v) is 20.0. The molecule has 32 heavy (non-hydrogen) atoms. The van der Waals surface area contributed by atoms with Crippen molar-refractivity contribution in [2.75, 3.05) is 23.7 Å². The van der Waals surface area contributed by atoms with Crippen molar-refractivity contribution in [3.63, 3.8) is 0 Å². The minimum atomic E-state index is -3.60.